The van der Waals surface area contributed by atoms with Gasteiger partial charge in [-0.15, -0.1) is 11.3 Å². The molecule has 1 heterocycles. The SMILES string of the molecule is CCCNC(c1cc2ccc(F)cc2s1)C(C)(C)C. The molecule has 3 heteroatoms. The zero-order valence-corrected chi connectivity index (χ0v) is 12.9. The van der Waals surface area contributed by atoms with Crippen molar-refractivity contribution in [2.45, 2.75) is 40.2 Å². The van der Waals surface area contributed by atoms with E-state index >= 15 is 0 Å². The van der Waals surface area contributed by atoms with E-state index in [2.05, 4.69) is 39.1 Å². The predicted octanol–water partition coefficient (Wildman–Crippen LogP) is 5.13. The molecular formula is C16H22FNS. The summed E-state index contributed by atoms with van der Waals surface area (Å²) in [5.74, 6) is -0.158. The van der Waals surface area contributed by atoms with Crippen LogP contribution in [0.25, 0.3) is 10.1 Å². The predicted molar refractivity (Wildman–Crippen MR) is 82.3 cm³/mol. The average molecular weight is 279 g/mol. The van der Waals surface area contributed by atoms with Gasteiger partial charge in [0.2, 0.25) is 0 Å². The van der Waals surface area contributed by atoms with Crippen LogP contribution in [0.5, 0.6) is 0 Å². The van der Waals surface area contributed by atoms with Crippen LogP contribution in [0.2, 0.25) is 0 Å². The molecule has 0 bridgehead atoms. The summed E-state index contributed by atoms with van der Waals surface area (Å²) in [5, 5.41) is 4.75. The lowest BCUT2D eigenvalue weighted by atomic mass is 9.85. The molecule has 0 aliphatic carbocycles. The molecular weight excluding hydrogens is 257 g/mol. The topological polar surface area (TPSA) is 12.0 Å². The van der Waals surface area contributed by atoms with Crippen LogP contribution in [-0.4, -0.2) is 6.54 Å². The largest absolute Gasteiger partial charge is 0.309 e. The number of thiophene rings is 1. The first kappa shape index (κ1) is 14.5. The van der Waals surface area contributed by atoms with Crippen molar-refractivity contribution in [3.63, 3.8) is 0 Å². The van der Waals surface area contributed by atoms with Gasteiger partial charge in [0.05, 0.1) is 0 Å². The second-order valence-electron chi connectivity index (χ2n) is 6.08. The van der Waals surface area contributed by atoms with Crippen molar-refractivity contribution in [3.05, 3.63) is 35.0 Å². The fourth-order valence-electron chi connectivity index (χ4n) is 2.29. The molecule has 0 amide bonds. The standard InChI is InChI=1S/C16H22FNS/c1-5-8-18-15(16(2,3)4)14-9-11-6-7-12(17)10-13(11)19-14/h6-7,9-10,15,18H,5,8H2,1-4H3. The lowest BCUT2D eigenvalue weighted by molar-refractivity contribution is 0.277. The molecule has 19 heavy (non-hydrogen) atoms. The second kappa shape index (κ2) is 5.59. The lowest BCUT2D eigenvalue weighted by Crippen LogP contribution is -2.32. The van der Waals surface area contributed by atoms with Crippen LogP contribution in [0.3, 0.4) is 0 Å². The van der Waals surface area contributed by atoms with Crippen LogP contribution in [-0.2, 0) is 0 Å². The molecule has 2 rings (SSSR count). The Kier molecular flexibility index (Phi) is 4.26. The summed E-state index contributed by atoms with van der Waals surface area (Å²) in [6.45, 7) is 9.90. The van der Waals surface area contributed by atoms with Gasteiger partial charge in [0.1, 0.15) is 5.82 Å². The highest BCUT2D eigenvalue weighted by molar-refractivity contribution is 7.19. The molecule has 0 saturated carbocycles. The second-order valence-corrected chi connectivity index (χ2v) is 7.20. The highest BCUT2D eigenvalue weighted by Crippen LogP contribution is 2.39. The first-order chi connectivity index (χ1) is 8.91. The van der Waals surface area contributed by atoms with E-state index in [1.165, 1.54) is 10.9 Å². The zero-order chi connectivity index (χ0) is 14.0. The Hall–Kier alpha value is -0.930. The smallest absolute Gasteiger partial charge is 0.124 e. The number of hydrogen-bond donors (Lipinski definition) is 1. The molecule has 0 fully saturated rings. The Balaban J connectivity index is 2.38. The molecule has 1 aromatic heterocycles. The van der Waals surface area contributed by atoms with Gasteiger partial charge in [-0.25, -0.2) is 4.39 Å². The van der Waals surface area contributed by atoms with E-state index in [0.717, 1.165) is 23.1 Å². The minimum absolute atomic E-state index is 0.147. The molecule has 1 nitrogen and oxygen atoms in total. The fraction of sp³-hybridized carbons (Fsp3) is 0.500. The molecule has 1 N–H and O–H groups in total. The van der Waals surface area contributed by atoms with Crippen LogP contribution < -0.4 is 5.32 Å². The third-order valence-electron chi connectivity index (χ3n) is 3.25. The number of nitrogens with one attached hydrogen (secondary N) is 1. The average Bonchev–Trinajstić information content (AvgIpc) is 2.70. The molecule has 0 aliphatic rings. The summed E-state index contributed by atoms with van der Waals surface area (Å²) in [4.78, 5) is 1.29. The van der Waals surface area contributed by atoms with Crippen LogP contribution in [0, 0.1) is 11.2 Å². The number of fused-ring (bicyclic) bond motifs is 1. The number of benzene rings is 1. The van der Waals surface area contributed by atoms with Crippen LogP contribution in [0.15, 0.2) is 24.3 Å². The summed E-state index contributed by atoms with van der Waals surface area (Å²) < 4.78 is 14.3. The molecule has 2 aromatic rings. The van der Waals surface area contributed by atoms with Gasteiger partial charge in [-0.2, -0.15) is 0 Å². The van der Waals surface area contributed by atoms with Gasteiger partial charge in [-0.1, -0.05) is 33.8 Å². The van der Waals surface area contributed by atoms with E-state index < -0.39 is 0 Å². The van der Waals surface area contributed by atoms with Crippen molar-refractivity contribution in [1.82, 2.24) is 5.32 Å². The van der Waals surface area contributed by atoms with Crippen molar-refractivity contribution in [1.29, 1.82) is 0 Å². The van der Waals surface area contributed by atoms with Crippen LogP contribution in [0.4, 0.5) is 4.39 Å². The molecule has 1 aromatic carbocycles. The van der Waals surface area contributed by atoms with E-state index in [4.69, 9.17) is 0 Å². The Labute approximate surface area is 118 Å². The van der Waals surface area contributed by atoms with E-state index in [1.807, 2.05) is 6.07 Å². The third kappa shape index (κ3) is 3.34. The van der Waals surface area contributed by atoms with Gasteiger partial charge in [0, 0.05) is 15.6 Å². The lowest BCUT2D eigenvalue weighted by Gasteiger charge is -2.31. The van der Waals surface area contributed by atoms with Crippen LogP contribution in [0.1, 0.15) is 45.0 Å². The quantitative estimate of drug-likeness (QED) is 0.818. The van der Waals surface area contributed by atoms with Crippen molar-refractivity contribution in [3.8, 4) is 0 Å². The zero-order valence-electron chi connectivity index (χ0n) is 12.1. The maximum atomic E-state index is 13.3. The Morgan fingerprint density at radius 3 is 2.63 bits per heavy atom. The summed E-state index contributed by atoms with van der Waals surface area (Å²) in [5.41, 5.74) is 0.147. The van der Waals surface area contributed by atoms with Crippen molar-refractivity contribution >= 4 is 21.4 Å². The first-order valence-electron chi connectivity index (χ1n) is 6.84. The highest BCUT2D eigenvalue weighted by Gasteiger charge is 2.27. The Bertz CT molecular complexity index is 553. The van der Waals surface area contributed by atoms with Gasteiger partial charge in [-0.05, 0) is 42.0 Å². The Morgan fingerprint density at radius 1 is 1.26 bits per heavy atom. The van der Waals surface area contributed by atoms with Gasteiger partial charge in [0.15, 0.2) is 0 Å². The van der Waals surface area contributed by atoms with Gasteiger partial charge < -0.3 is 5.32 Å². The maximum absolute atomic E-state index is 13.3. The monoisotopic (exact) mass is 279 g/mol. The maximum Gasteiger partial charge on any atom is 0.124 e. The first-order valence-corrected chi connectivity index (χ1v) is 7.66. The molecule has 0 radical (unpaired) electrons. The van der Waals surface area contributed by atoms with Crippen molar-refractivity contribution < 1.29 is 4.39 Å². The molecule has 104 valence electrons. The normalized spacial score (nSPS) is 13.9. The van der Waals surface area contributed by atoms with E-state index in [-0.39, 0.29) is 11.2 Å². The van der Waals surface area contributed by atoms with E-state index in [9.17, 15) is 4.39 Å². The van der Waals surface area contributed by atoms with Crippen LogP contribution >= 0.6 is 11.3 Å². The summed E-state index contributed by atoms with van der Waals surface area (Å²) in [6, 6.07) is 7.53. The van der Waals surface area contributed by atoms with E-state index in [1.54, 1.807) is 17.4 Å². The third-order valence-corrected chi connectivity index (χ3v) is 4.41. The van der Waals surface area contributed by atoms with E-state index in [0.29, 0.717) is 6.04 Å². The molecule has 0 spiro atoms. The van der Waals surface area contributed by atoms with Gasteiger partial charge in [-0.3, -0.25) is 0 Å². The highest BCUT2D eigenvalue weighted by atomic mass is 32.1. The summed E-state index contributed by atoms with van der Waals surface area (Å²) in [6.07, 6.45) is 1.12. The molecule has 0 aliphatic heterocycles. The minimum Gasteiger partial charge on any atom is -0.309 e. The number of halogens is 1. The minimum atomic E-state index is -0.158. The summed E-state index contributed by atoms with van der Waals surface area (Å²) in [7, 11) is 0. The molecule has 1 unspecified atom stereocenters. The Morgan fingerprint density at radius 2 is 2.00 bits per heavy atom. The van der Waals surface area contributed by atoms with Gasteiger partial charge in [0.25, 0.3) is 0 Å². The number of rotatable bonds is 4. The van der Waals surface area contributed by atoms with Crippen molar-refractivity contribution in [2.24, 2.45) is 5.41 Å². The number of hydrogen-bond acceptors (Lipinski definition) is 2. The van der Waals surface area contributed by atoms with Crippen molar-refractivity contribution in [2.75, 3.05) is 6.54 Å². The molecule has 0 saturated heterocycles. The van der Waals surface area contributed by atoms with Gasteiger partial charge >= 0.3 is 0 Å². The fourth-order valence-corrected chi connectivity index (χ4v) is 3.70. The molecule has 1 atom stereocenters. The summed E-state index contributed by atoms with van der Waals surface area (Å²) >= 11 is 1.69.